The van der Waals surface area contributed by atoms with Gasteiger partial charge < -0.3 is 4.90 Å². The van der Waals surface area contributed by atoms with E-state index < -0.39 is 0 Å². The average molecular weight is 450 g/mol. The second-order valence-electron chi connectivity index (χ2n) is 8.50. The zero-order valence-corrected chi connectivity index (χ0v) is 19.9. The zero-order chi connectivity index (χ0) is 21.5. The largest absolute Gasteiger partial charge is 0.337 e. The molecule has 1 amide bonds. The number of amides is 1. The van der Waals surface area contributed by atoms with Crippen LogP contribution in [0.4, 0.5) is 11.4 Å². The van der Waals surface area contributed by atoms with E-state index in [1.807, 2.05) is 11.0 Å². The molecule has 2 fully saturated rings. The molecule has 3 aliphatic rings. The summed E-state index contributed by atoms with van der Waals surface area (Å²) in [5, 5.41) is 1.84. The van der Waals surface area contributed by atoms with Gasteiger partial charge in [-0.2, -0.15) is 0 Å². The van der Waals surface area contributed by atoms with Gasteiger partial charge in [0.05, 0.1) is 16.4 Å². The SMILES string of the molecule is Cc1ccc(N=C2SC(=C3Sc4ccccc4N3C)C(=O)N2C2CCCCC2)cc1C. The summed E-state index contributed by atoms with van der Waals surface area (Å²) in [6, 6.07) is 14.9. The average Bonchev–Trinajstić information content (AvgIpc) is 3.28. The maximum absolute atomic E-state index is 13.7. The van der Waals surface area contributed by atoms with Crippen LogP contribution in [-0.4, -0.2) is 29.1 Å². The normalized spacial score (nSPS) is 23.2. The fourth-order valence-corrected chi connectivity index (χ4v) is 6.86. The highest BCUT2D eigenvalue weighted by molar-refractivity contribution is 8.19. The predicted molar refractivity (Wildman–Crippen MR) is 132 cm³/mol. The van der Waals surface area contributed by atoms with Crippen molar-refractivity contribution in [3.8, 4) is 0 Å². The second kappa shape index (κ2) is 8.40. The van der Waals surface area contributed by atoms with Crippen LogP contribution in [0.5, 0.6) is 0 Å². The van der Waals surface area contributed by atoms with Crippen LogP contribution < -0.4 is 4.90 Å². The van der Waals surface area contributed by atoms with Crippen molar-refractivity contribution in [3.63, 3.8) is 0 Å². The van der Waals surface area contributed by atoms with Gasteiger partial charge in [0.2, 0.25) is 0 Å². The van der Waals surface area contributed by atoms with Crippen LogP contribution >= 0.6 is 23.5 Å². The molecular formula is C25H27N3OS2. The number of benzene rings is 2. The van der Waals surface area contributed by atoms with Crippen molar-refractivity contribution < 1.29 is 4.79 Å². The molecule has 2 aromatic rings. The summed E-state index contributed by atoms with van der Waals surface area (Å²) < 4.78 is 0. The lowest BCUT2D eigenvalue weighted by Gasteiger charge is -2.30. The van der Waals surface area contributed by atoms with Crippen molar-refractivity contribution in [1.29, 1.82) is 0 Å². The topological polar surface area (TPSA) is 35.9 Å². The summed E-state index contributed by atoms with van der Waals surface area (Å²) in [6.07, 6.45) is 5.75. The molecule has 6 heteroatoms. The van der Waals surface area contributed by atoms with E-state index in [4.69, 9.17) is 4.99 Å². The second-order valence-corrected chi connectivity index (χ2v) is 10.5. The third kappa shape index (κ3) is 3.80. The summed E-state index contributed by atoms with van der Waals surface area (Å²) >= 11 is 3.23. The minimum atomic E-state index is 0.113. The monoisotopic (exact) mass is 449 g/mol. The van der Waals surface area contributed by atoms with Crippen molar-refractivity contribution in [3.05, 3.63) is 63.5 Å². The highest BCUT2D eigenvalue weighted by atomic mass is 32.2. The van der Waals surface area contributed by atoms with E-state index in [0.29, 0.717) is 0 Å². The van der Waals surface area contributed by atoms with E-state index in [2.05, 4.69) is 62.2 Å². The first-order valence-corrected chi connectivity index (χ1v) is 12.6. The molecule has 2 aromatic carbocycles. The number of aryl methyl sites for hydroxylation is 2. The first kappa shape index (κ1) is 20.7. The molecule has 0 aromatic heterocycles. The number of hydrogen-bond acceptors (Lipinski definition) is 5. The zero-order valence-electron chi connectivity index (χ0n) is 18.2. The Morgan fingerprint density at radius 3 is 2.48 bits per heavy atom. The third-order valence-corrected chi connectivity index (χ3v) is 8.81. The number of aliphatic imine (C=N–C) groups is 1. The van der Waals surface area contributed by atoms with Gasteiger partial charge in [-0.15, -0.1) is 0 Å². The van der Waals surface area contributed by atoms with Crippen molar-refractivity contribution in [2.24, 2.45) is 4.99 Å². The van der Waals surface area contributed by atoms with Crippen LogP contribution in [0.15, 0.2) is 62.3 Å². The highest BCUT2D eigenvalue weighted by Gasteiger charge is 2.42. The summed E-state index contributed by atoms with van der Waals surface area (Å²) in [5.41, 5.74) is 4.56. The Morgan fingerprint density at radius 1 is 0.968 bits per heavy atom. The molecule has 0 N–H and O–H groups in total. The quantitative estimate of drug-likeness (QED) is 0.483. The van der Waals surface area contributed by atoms with E-state index >= 15 is 0 Å². The van der Waals surface area contributed by atoms with Crippen LogP contribution in [0.2, 0.25) is 0 Å². The highest BCUT2D eigenvalue weighted by Crippen LogP contribution is 2.50. The number of carbonyl (C=O) groups is 1. The molecule has 2 aliphatic heterocycles. The number of thioether (sulfide) groups is 2. The lowest BCUT2D eigenvalue weighted by atomic mass is 9.94. The Bertz CT molecular complexity index is 1100. The van der Waals surface area contributed by atoms with Gasteiger partial charge in [-0.1, -0.05) is 49.2 Å². The molecule has 0 bridgehead atoms. The first-order valence-electron chi connectivity index (χ1n) is 10.9. The van der Waals surface area contributed by atoms with Crippen LogP contribution in [0, 0.1) is 13.8 Å². The Hall–Kier alpha value is -2.18. The van der Waals surface area contributed by atoms with E-state index in [0.717, 1.165) is 39.3 Å². The van der Waals surface area contributed by atoms with E-state index in [1.54, 1.807) is 23.5 Å². The number of carbonyl (C=O) groups excluding carboxylic acids is 1. The summed E-state index contributed by atoms with van der Waals surface area (Å²) in [6.45, 7) is 4.22. The smallest absolute Gasteiger partial charge is 0.269 e. The summed E-state index contributed by atoms with van der Waals surface area (Å²) in [4.78, 5) is 24.9. The van der Waals surface area contributed by atoms with Gasteiger partial charge in [-0.25, -0.2) is 4.99 Å². The minimum absolute atomic E-state index is 0.113. The van der Waals surface area contributed by atoms with E-state index in [-0.39, 0.29) is 11.9 Å². The molecule has 31 heavy (non-hydrogen) atoms. The number of anilines is 1. The van der Waals surface area contributed by atoms with Gasteiger partial charge >= 0.3 is 0 Å². The van der Waals surface area contributed by atoms with Gasteiger partial charge in [-0.3, -0.25) is 9.69 Å². The molecular weight excluding hydrogens is 422 g/mol. The van der Waals surface area contributed by atoms with E-state index in [1.165, 1.54) is 35.3 Å². The van der Waals surface area contributed by atoms with Gasteiger partial charge in [0.25, 0.3) is 5.91 Å². The number of para-hydroxylation sites is 1. The van der Waals surface area contributed by atoms with Crippen molar-refractivity contribution in [2.45, 2.75) is 56.9 Å². The standard InChI is InChI=1S/C25H27N3OS2/c1-16-13-14-18(15-17(16)2)26-25-28(19-9-5-4-6-10-19)23(29)22(31-25)24-27(3)20-11-7-8-12-21(20)30-24/h7-8,11-15,19H,4-6,9-10H2,1-3H3. The Kier molecular flexibility index (Phi) is 5.61. The van der Waals surface area contributed by atoms with E-state index in [9.17, 15) is 4.79 Å². The molecule has 1 saturated carbocycles. The lowest BCUT2D eigenvalue weighted by Crippen LogP contribution is -2.40. The van der Waals surface area contributed by atoms with Gasteiger partial charge in [0.15, 0.2) is 5.17 Å². The van der Waals surface area contributed by atoms with Crippen LogP contribution in [0.25, 0.3) is 0 Å². The number of amidine groups is 1. The molecule has 0 radical (unpaired) electrons. The summed E-state index contributed by atoms with van der Waals surface area (Å²) in [7, 11) is 2.05. The van der Waals surface area contributed by atoms with Crippen molar-refractivity contribution in [1.82, 2.24) is 4.90 Å². The Balaban J connectivity index is 1.56. The first-order chi connectivity index (χ1) is 15.0. The molecule has 0 atom stereocenters. The molecule has 5 rings (SSSR count). The maximum Gasteiger partial charge on any atom is 0.269 e. The fraction of sp³-hybridized carbons (Fsp3) is 0.360. The third-order valence-electron chi connectivity index (χ3n) is 6.40. The number of nitrogens with zero attached hydrogens (tertiary/aromatic N) is 3. The molecule has 0 spiro atoms. The predicted octanol–water partition coefficient (Wildman–Crippen LogP) is 6.61. The van der Waals surface area contributed by atoms with Crippen LogP contribution in [0.3, 0.4) is 0 Å². The Morgan fingerprint density at radius 2 is 1.74 bits per heavy atom. The summed E-state index contributed by atoms with van der Waals surface area (Å²) in [5.74, 6) is 0.113. The lowest BCUT2D eigenvalue weighted by molar-refractivity contribution is -0.124. The van der Waals surface area contributed by atoms with Crippen molar-refractivity contribution >= 4 is 46.0 Å². The van der Waals surface area contributed by atoms with Gasteiger partial charge in [0, 0.05) is 18.0 Å². The van der Waals surface area contributed by atoms with Gasteiger partial charge in [-0.05, 0) is 73.8 Å². The Labute approximate surface area is 192 Å². The number of hydrogen-bond donors (Lipinski definition) is 0. The molecule has 1 aliphatic carbocycles. The molecule has 1 saturated heterocycles. The van der Waals surface area contributed by atoms with Crippen LogP contribution in [-0.2, 0) is 4.79 Å². The molecule has 160 valence electrons. The molecule has 4 nitrogen and oxygen atoms in total. The molecule has 0 unspecified atom stereocenters. The number of fused-ring (bicyclic) bond motifs is 1. The van der Waals surface area contributed by atoms with Crippen molar-refractivity contribution in [2.75, 3.05) is 11.9 Å². The fourth-order valence-electron chi connectivity index (χ4n) is 4.46. The maximum atomic E-state index is 13.7. The van der Waals surface area contributed by atoms with Gasteiger partial charge in [0.1, 0.15) is 4.91 Å². The minimum Gasteiger partial charge on any atom is -0.337 e. The van der Waals surface area contributed by atoms with Crippen LogP contribution in [0.1, 0.15) is 43.2 Å². The number of rotatable bonds is 2. The molecule has 2 heterocycles.